The number of nitrogens with zero attached hydrogens (tertiary/aromatic N) is 6. The maximum atomic E-state index is 12.4. The Morgan fingerprint density at radius 2 is 2.09 bits per heavy atom. The highest BCUT2D eigenvalue weighted by Gasteiger charge is 2.34. The largest absolute Gasteiger partial charge is 0.494 e. The maximum absolute atomic E-state index is 12.4. The predicted molar refractivity (Wildman–Crippen MR) is 126 cm³/mol. The predicted octanol–water partition coefficient (Wildman–Crippen LogP) is 2.16. The molecule has 1 aromatic heterocycles. The van der Waals surface area contributed by atoms with Gasteiger partial charge in [-0.3, -0.25) is 0 Å². The Labute approximate surface area is 193 Å². The van der Waals surface area contributed by atoms with Gasteiger partial charge in [-0.25, -0.2) is 14.8 Å². The van der Waals surface area contributed by atoms with Crippen LogP contribution in [-0.2, 0) is 0 Å². The van der Waals surface area contributed by atoms with Crippen LogP contribution in [0.2, 0.25) is 0 Å². The molecule has 0 aliphatic carbocycles. The van der Waals surface area contributed by atoms with Gasteiger partial charge in [0.15, 0.2) is 11.5 Å². The standard InChI is InChI=1S/C23H30N8O2/c1-29-11-12-31(23(29)32)18-4-2-10-30(16-18)21-15-26-20(14-25)22(28-21)27-17-5-7-19(8-6-17)33-13-3-9-24/h5-8,15,18H,2-4,9-13,16,24H2,1H3,(H,27,28)/t18-/m0/s1. The van der Waals surface area contributed by atoms with Crippen molar-refractivity contribution in [2.24, 2.45) is 5.73 Å². The highest BCUT2D eigenvalue weighted by molar-refractivity contribution is 5.76. The van der Waals surface area contributed by atoms with Gasteiger partial charge in [0.1, 0.15) is 17.6 Å². The monoisotopic (exact) mass is 450 g/mol. The van der Waals surface area contributed by atoms with Crippen LogP contribution in [0.5, 0.6) is 5.75 Å². The van der Waals surface area contributed by atoms with Crippen molar-refractivity contribution in [2.75, 3.05) is 56.6 Å². The van der Waals surface area contributed by atoms with Crippen LogP contribution in [0.3, 0.4) is 0 Å². The third kappa shape index (κ3) is 5.26. The second kappa shape index (κ2) is 10.4. The molecule has 2 amide bonds. The second-order valence-corrected chi connectivity index (χ2v) is 8.32. The van der Waals surface area contributed by atoms with Crippen LogP contribution < -0.4 is 20.7 Å². The molecule has 0 spiro atoms. The number of rotatable bonds is 8. The third-order valence-electron chi connectivity index (χ3n) is 6.01. The van der Waals surface area contributed by atoms with Crippen molar-refractivity contribution in [1.82, 2.24) is 19.8 Å². The summed E-state index contributed by atoms with van der Waals surface area (Å²) >= 11 is 0. The minimum atomic E-state index is 0.0885. The van der Waals surface area contributed by atoms with E-state index in [0.29, 0.717) is 31.3 Å². The van der Waals surface area contributed by atoms with Crippen LogP contribution in [0.15, 0.2) is 30.5 Å². The number of benzene rings is 1. The van der Waals surface area contributed by atoms with E-state index in [-0.39, 0.29) is 17.8 Å². The Hall–Kier alpha value is -3.58. The first-order valence-corrected chi connectivity index (χ1v) is 11.3. The first-order valence-electron chi connectivity index (χ1n) is 11.3. The zero-order valence-electron chi connectivity index (χ0n) is 18.9. The zero-order valence-corrected chi connectivity index (χ0v) is 18.9. The molecule has 0 bridgehead atoms. The maximum Gasteiger partial charge on any atom is 0.320 e. The van der Waals surface area contributed by atoms with Crippen molar-refractivity contribution >= 4 is 23.4 Å². The van der Waals surface area contributed by atoms with Gasteiger partial charge in [-0.1, -0.05) is 0 Å². The number of likely N-dealkylation sites (N-methyl/N-ethyl adjacent to an activating group) is 1. The van der Waals surface area contributed by atoms with Gasteiger partial charge in [0.2, 0.25) is 0 Å². The summed E-state index contributed by atoms with van der Waals surface area (Å²) in [6.07, 6.45) is 4.38. The summed E-state index contributed by atoms with van der Waals surface area (Å²) in [7, 11) is 1.84. The van der Waals surface area contributed by atoms with E-state index in [1.807, 2.05) is 36.2 Å². The number of nitrogens with two attached hydrogens (primary N) is 1. The smallest absolute Gasteiger partial charge is 0.320 e. The van der Waals surface area contributed by atoms with Gasteiger partial charge in [0.05, 0.1) is 18.8 Å². The number of urea groups is 1. The SMILES string of the molecule is CN1CCN([C@H]2CCCN(c3cnc(C#N)c(Nc4ccc(OCCCN)cc4)n3)C2)C1=O. The lowest BCUT2D eigenvalue weighted by molar-refractivity contribution is 0.175. The average molecular weight is 451 g/mol. The Morgan fingerprint density at radius 3 is 2.79 bits per heavy atom. The molecule has 2 aromatic rings. The molecule has 2 aliphatic heterocycles. The molecule has 2 aliphatic rings. The number of aromatic nitrogens is 2. The molecule has 10 heteroatoms. The van der Waals surface area contributed by atoms with Crippen LogP contribution in [0.25, 0.3) is 0 Å². The number of anilines is 3. The molecule has 0 unspecified atom stereocenters. The van der Waals surface area contributed by atoms with Gasteiger partial charge in [-0.15, -0.1) is 0 Å². The molecule has 2 fully saturated rings. The van der Waals surface area contributed by atoms with Crippen LogP contribution >= 0.6 is 0 Å². The topological polar surface area (TPSA) is 124 Å². The van der Waals surface area contributed by atoms with Crippen molar-refractivity contribution in [3.63, 3.8) is 0 Å². The third-order valence-corrected chi connectivity index (χ3v) is 6.01. The van der Waals surface area contributed by atoms with E-state index in [9.17, 15) is 10.1 Å². The van der Waals surface area contributed by atoms with Gasteiger partial charge < -0.3 is 30.5 Å². The van der Waals surface area contributed by atoms with E-state index < -0.39 is 0 Å². The zero-order chi connectivity index (χ0) is 23.2. The lowest BCUT2D eigenvalue weighted by Gasteiger charge is -2.37. The van der Waals surface area contributed by atoms with Crippen molar-refractivity contribution in [3.05, 3.63) is 36.2 Å². The van der Waals surface area contributed by atoms with E-state index in [1.54, 1.807) is 11.1 Å². The van der Waals surface area contributed by atoms with Crippen LogP contribution in [0.1, 0.15) is 25.0 Å². The van der Waals surface area contributed by atoms with Gasteiger partial charge in [-0.05, 0) is 50.1 Å². The van der Waals surface area contributed by atoms with Crippen molar-refractivity contribution in [2.45, 2.75) is 25.3 Å². The molecule has 33 heavy (non-hydrogen) atoms. The van der Waals surface area contributed by atoms with Crippen molar-refractivity contribution in [1.29, 1.82) is 5.26 Å². The molecule has 174 valence electrons. The van der Waals surface area contributed by atoms with Gasteiger partial charge in [0, 0.05) is 38.9 Å². The molecule has 0 radical (unpaired) electrons. The molecular weight excluding hydrogens is 420 g/mol. The number of nitrogens with one attached hydrogen (secondary N) is 1. The van der Waals surface area contributed by atoms with Crippen molar-refractivity contribution in [3.8, 4) is 11.8 Å². The lowest BCUT2D eigenvalue weighted by Crippen LogP contribution is -2.49. The number of amides is 2. The van der Waals surface area contributed by atoms with E-state index in [1.165, 1.54) is 0 Å². The lowest BCUT2D eigenvalue weighted by atomic mass is 10.0. The molecular formula is C23H30N8O2. The highest BCUT2D eigenvalue weighted by atomic mass is 16.5. The fourth-order valence-electron chi connectivity index (χ4n) is 4.17. The van der Waals surface area contributed by atoms with E-state index in [2.05, 4.69) is 21.3 Å². The average Bonchev–Trinajstić information content (AvgIpc) is 3.18. The summed E-state index contributed by atoms with van der Waals surface area (Å²) in [6.45, 7) is 4.22. The van der Waals surface area contributed by atoms with E-state index in [0.717, 1.165) is 50.3 Å². The Morgan fingerprint density at radius 1 is 1.27 bits per heavy atom. The minimum Gasteiger partial charge on any atom is -0.494 e. The number of ether oxygens (including phenoxy) is 1. The van der Waals surface area contributed by atoms with Crippen LogP contribution in [0, 0.1) is 11.3 Å². The quantitative estimate of drug-likeness (QED) is 0.587. The fourth-order valence-corrected chi connectivity index (χ4v) is 4.17. The van der Waals surface area contributed by atoms with Gasteiger partial charge >= 0.3 is 6.03 Å². The molecule has 0 saturated carbocycles. The summed E-state index contributed by atoms with van der Waals surface area (Å²) in [4.78, 5) is 27.3. The Kier molecular flexibility index (Phi) is 7.10. The summed E-state index contributed by atoms with van der Waals surface area (Å²) in [5.74, 6) is 1.87. The summed E-state index contributed by atoms with van der Waals surface area (Å²) in [6, 6.07) is 9.82. The highest BCUT2D eigenvalue weighted by Crippen LogP contribution is 2.26. The van der Waals surface area contributed by atoms with Crippen LogP contribution in [0.4, 0.5) is 22.1 Å². The number of hydrogen-bond acceptors (Lipinski definition) is 8. The Bertz CT molecular complexity index is 1010. The molecule has 3 heterocycles. The normalized spacial score (nSPS) is 18.4. The summed E-state index contributed by atoms with van der Waals surface area (Å²) in [5.41, 5.74) is 6.51. The molecule has 2 saturated heterocycles. The second-order valence-electron chi connectivity index (χ2n) is 8.32. The van der Waals surface area contributed by atoms with Gasteiger partial charge in [0.25, 0.3) is 0 Å². The fraction of sp³-hybridized carbons (Fsp3) is 0.478. The van der Waals surface area contributed by atoms with Gasteiger partial charge in [-0.2, -0.15) is 5.26 Å². The number of hydrogen-bond donors (Lipinski definition) is 2. The van der Waals surface area contributed by atoms with E-state index in [4.69, 9.17) is 15.5 Å². The first kappa shape index (κ1) is 22.6. The molecule has 1 atom stereocenters. The number of nitriles is 1. The molecule has 1 aromatic carbocycles. The summed E-state index contributed by atoms with van der Waals surface area (Å²) < 4.78 is 5.64. The first-order chi connectivity index (χ1) is 16.1. The number of carbonyl (C=O) groups excluding carboxylic acids is 1. The van der Waals surface area contributed by atoms with Crippen molar-refractivity contribution < 1.29 is 9.53 Å². The van der Waals surface area contributed by atoms with Crippen LogP contribution in [-0.4, -0.2) is 78.2 Å². The van der Waals surface area contributed by atoms with E-state index >= 15 is 0 Å². The summed E-state index contributed by atoms with van der Waals surface area (Å²) in [5, 5.41) is 12.7. The Balaban J connectivity index is 1.46. The number of piperidine rings is 1. The minimum absolute atomic E-state index is 0.0885. The molecule has 3 N–H and O–H groups in total. The number of carbonyl (C=O) groups is 1. The molecule has 4 rings (SSSR count). The molecule has 10 nitrogen and oxygen atoms in total.